The summed E-state index contributed by atoms with van der Waals surface area (Å²) in [6, 6.07) is 4.94. The van der Waals surface area contributed by atoms with E-state index in [4.69, 9.17) is 14.2 Å². The minimum Gasteiger partial charge on any atom is -0.504 e. The van der Waals surface area contributed by atoms with Gasteiger partial charge in [-0.3, -0.25) is 4.79 Å². The number of aromatic hydroxyl groups is 1. The van der Waals surface area contributed by atoms with E-state index in [-0.39, 0.29) is 18.1 Å². The molecule has 0 bridgehead atoms. The number of carbonyl (C=O) groups excluding carboxylic acids is 2. The second kappa shape index (κ2) is 9.13. The number of hydrogen-bond acceptors (Lipinski definition) is 7. The van der Waals surface area contributed by atoms with Crippen molar-refractivity contribution in [2.45, 2.75) is 39.0 Å². The van der Waals surface area contributed by atoms with E-state index in [0.717, 1.165) is 18.5 Å². The van der Waals surface area contributed by atoms with Crippen LogP contribution >= 0.6 is 0 Å². The Morgan fingerprint density at radius 1 is 1.28 bits per heavy atom. The number of ether oxygens (including phenoxy) is 3. The largest absolute Gasteiger partial charge is 0.504 e. The average Bonchev–Trinajstić information content (AvgIpc) is 2.70. The van der Waals surface area contributed by atoms with E-state index >= 15 is 0 Å². The fraction of sp³-hybridized carbons (Fsp3) is 0.455. The SMILES string of the molecule is CCOCCOC(=O)C1=C(C)NC2=C(C(=O)CCC2)[C@H]1c1ccc(OC)c(O)c1. The standard InChI is InChI=1S/C22H27NO6/c1-4-28-10-11-29-22(26)19-13(2)23-15-6-5-7-16(24)21(15)20(19)14-8-9-18(27-3)17(25)12-14/h8-9,12,20,23,25H,4-7,10-11H2,1-3H3/t20-/m0/s1. The summed E-state index contributed by atoms with van der Waals surface area (Å²) >= 11 is 0. The minimum atomic E-state index is -0.601. The highest BCUT2D eigenvalue weighted by Gasteiger charge is 2.39. The number of carbonyl (C=O) groups is 2. The van der Waals surface area contributed by atoms with Gasteiger partial charge in [-0.1, -0.05) is 6.07 Å². The summed E-state index contributed by atoms with van der Waals surface area (Å²) in [5.74, 6) is -0.814. The van der Waals surface area contributed by atoms with Crippen LogP contribution in [0.3, 0.4) is 0 Å². The topological polar surface area (TPSA) is 94.1 Å². The molecular formula is C22H27NO6. The molecule has 3 rings (SSSR count). The van der Waals surface area contributed by atoms with E-state index in [1.165, 1.54) is 7.11 Å². The fourth-order valence-corrected chi connectivity index (χ4v) is 3.89. The number of phenols is 1. The molecule has 7 nitrogen and oxygen atoms in total. The second-order valence-electron chi connectivity index (χ2n) is 7.03. The zero-order chi connectivity index (χ0) is 21.0. The van der Waals surface area contributed by atoms with Gasteiger partial charge in [-0.15, -0.1) is 0 Å². The van der Waals surface area contributed by atoms with E-state index < -0.39 is 11.9 Å². The lowest BCUT2D eigenvalue weighted by Crippen LogP contribution is -2.34. The molecule has 2 N–H and O–H groups in total. The molecule has 1 atom stereocenters. The Bertz CT molecular complexity index is 870. The molecule has 0 spiro atoms. The van der Waals surface area contributed by atoms with Crippen molar-refractivity contribution in [3.8, 4) is 11.5 Å². The van der Waals surface area contributed by atoms with E-state index in [1.807, 2.05) is 6.92 Å². The van der Waals surface area contributed by atoms with Crippen LogP contribution in [0.4, 0.5) is 0 Å². The molecule has 2 aliphatic rings. The molecule has 0 radical (unpaired) electrons. The van der Waals surface area contributed by atoms with Gasteiger partial charge in [0.15, 0.2) is 17.3 Å². The normalized spacial score (nSPS) is 19.0. The quantitative estimate of drug-likeness (QED) is 0.536. The molecule has 156 valence electrons. The maximum absolute atomic E-state index is 12.9. The zero-order valence-corrected chi connectivity index (χ0v) is 17.0. The number of hydrogen-bond donors (Lipinski definition) is 2. The Balaban J connectivity index is 2.02. The molecule has 0 unspecified atom stereocenters. The van der Waals surface area contributed by atoms with Crippen LogP contribution in [0, 0.1) is 0 Å². The molecule has 1 aromatic carbocycles. The van der Waals surface area contributed by atoms with Crippen LogP contribution in [0.25, 0.3) is 0 Å². The van der Waals surface area contributed by atoms with Crippen LogP contribution in [0.5, 0.6) is 11.5 Å². The highest BCUT2D eigenvalue weighted by atomic mass is 16.6. The van der Waals surface area contributed by atoms with Crippen molar-refractivity contribution in [2.75, 3.05) is 26.9 Å². The van der Waals surface area contributed by atoms with Gasteiger partial charge in [-0.05, 0) is 44.4 Å². The Morgan fingerprint density at radius 2 is 2.07 bits per heavy atom. The molecule has 0 amide bonds. The van der Waals surface area contributed by atoms with Crippen LogP contribution < -0.4 is 10.1 Å². The smallest absolute Gasteiger partial charge is 0.336 e. The van der Waals surface area contributed by atoms with Crippen molar-refractivity contribution in [2.24, 2.45) is 0 Å². The van der Waals surface area contributed by atoms with Crippen LogP contribution in [-0.4, -0.2) is 43.8 Å². The molecule has 29 heavy (non-hydrogen) atoms. The van der Waals surface area contributed by atoms with Gasteiger partial charge >= 0.3 is 5.97 Å². The number of dihydropyridines is 1. The molecule has 0 fully saturated rings. The molecule has 0 aromatic heterocycles. The van der Waals surface area contributed by atoms with Gasteiger partial charge in [0.2, 0.25) is 0 Å². The third-order valence-electron chi connectivity index (χ3n) is 5.20. The first-order valence-electron chi connectivity index (χ1n) is 9.83. The zero-order valence-electron chi connectivity index (χ0n) is 17.0. The van der Waals surface area contributed by atoms with Crippen molar-refractivity contribution in [3.05, 3.63) is 46.3 Å². The van der Waals surface area contributed by atoms with Gasteiger partial charge in [0.05, 0.1) is 19.3 Å². The first kappa shape index (κ1) is 20.9. The van der Waals surface area contributed by atoms with E-state index in [9.17, 15) is 14.7 Å². The number of ketones is 1. The molecule has 1 aliphatic carbocycles. The maximum atomic E-state index is 12.9. The third kappa shape index (κ3) is 4.29. The predicted octanol–water partition coefficient (Wildman–Crippen LogP) is 2.95. The first-order valence-corrected chi connectivity index (χ1v) is 9.83. The minimum absolute atomic E-state index is 0.00572. The Labute approximate surface area is 170 Å². The average molecular weight is 401 g/mol. The monoisotopic (exact) mass is 401 g/mol. The molecular weight excluding hydrogens is 374 g/mol. The Kier molecular flexibility index (Phi) is 6.59. The van der Waals surface area contributed by atoms with E-state index in [0.29, 0.717) is 47.8 Å². The number of allylic oxidation sites excluding steroid dienone is 3. The summed E-state index contributed by atoms with van der Waals surface area (Å²) in [7, 11) is 1.47. The van der Waals surface area contributed by atoms with Gasteiger partial charge in [0.25, 0.3) is 0 Å². The fourth-order valence-electron chi connectivity index (χ4n) is 3.89. The van der Waals surface area contributed by atoms with Gasteiger partial charge in [0.1, 0.15) is 6.61 Å². The van der Waals surface area contributed by atoms with Crippen molar-refractivity contribution in [1.82, 2.24) is 5.32 Å². The highest BCUT2D eigenvalue weighted by Crippen LogP contribution is 2.44. The van der Waals surface area contributed by atoms with Gasteiger partial charge < -0.3 is 24.6 Å². The van der Waals surface area contributed by atoms with E-state index in [1.54, 1.807) is 25.1 Å². The van der Waals surface area contributed by atoms with Gasteiger partial charge in [-0.2, -0.15) is 0 Å². The lowest BCUT2D eigenvalue weighted by molar-refractivity contribution is -0.140. The predicted molar refractivity (Wildman–Crippen MR) is 107 cm³/mol. The number of nitrogens with one attached hydrogen (secondary N) is 1. The van der Waals surface area contributed by atoms with Crippen molar-refractivity contribution < 1.29 is 28.9 Å². The third-order valence-corrected chi connectivity index (χ3v) is 5.20. The Morgan fingerprint density at radius 3 is 2.76 bits per heavy atom. The molecule has 1 aromatic rings. The highest BCUT2D eigenvalue weighted by molar-refractivity contribution is 6.03. The second-order valence-corrected chi connectivity index (χ2v) is 7.03. The first-order chi connectivity index (χ1) is 14.0. The number of phenolic OH excluding ortho intramolecular Hbond substituents is 1. The number of benzene rings is 1. The summed E-state index contributed by atoms with van der Waals surface area (Å²) in [5, 5.41) is 13.5. The number of esters is 1. The van der Waals surface area contributed by atoms with Crippen LogP contribution in [0.15, 0.2) is 40.7 Å². The molecule has 0 saturated carbocycles. The summed E-state index contributed by atoms with van der Waals surface area (Å²) in [5.41, 5.74) is 3.08. The lowest BCUT2D eigenvalue weighted by atomic mass is 9.75. The van der Waals surface area contributed by atoms with E-state index in [2.05, 4.69) is 5.32 Å². The Hall–Kier alpha value is -2.80. The summed E-state index contributed by atoms with van der Waals surface area (Å²) in [6.07, 6.45) is 1.95. The maximum Gasteiger partial charge on any atom is 0.336 e. The lowest BCUT2D eigenvalue weighted by Gasteiger charge is -2.34. The van der Waals surface area contributed by atoms with Crippen LogP contribution in [-0.2, 0) is 19.1 Å². The summed E-state index contributed by atoms with van der Waals surface area (Å²) in [4.78, 5) is 25.8. The van der Waals surface area contributed by atoms with Crippen LogP contribution in [0.2, 0.25) is 0 Å². The van der Waals surface area contributed by atoms with Crippen molar-refractivity contribution >= 4 is 11.8 Å². The molecule has 7 heteroatoms. The summed E-state index contributed by atoms with van der Waals surface area (Å²) < 4.78 is 15.8. The van der Waals surface area contributed by atoms with Crippen LogP contribution in [0.1, 0.15) is 44.6 Å². The summed E-state index contributed by atoms with van der Waals surface area (Å²) in [6.45, 7) is 4.65. The molecule has 1 aliphatic heterocycles. The molecule has 0 saturated heterocycles. The number of rotatable bonds is 7. The van der Waals surface area contributed by atoms with Gasteiger partial charge in [0, 0.05) is 35.9 Å². The number of methoxy groups -OCH3 is 1. The van der Waals surface area contributed by atoms with Crippen molar-refractivity contribution in [1.29, 1.82) is 0 Å². The van der Waals surface area contributed by atoms with Crippen molar-refractivity contribution in [3.63, 3.8) is 0 Å². The molecule has 1 heterocycles. The van der Waals surface area contributed by atoms with Gasteiger partial charge in [-0.25, -0.2) is 4.79 Å². The number of Topliss-reactive ketones (excluding diaryl/α,β-unsaturated/α-hetero) is 1.